The fourth-order valence-corrected chi connectivity index (χ4v) is 3.62. The Kier molecular flexibility index (Phi) is 6.56. The predicted molar refractivity (Wildman–Crippen MR) is 97.5 cm³/mol. The molecule has 0 aliphatic rings. The molecule has 1 amide bonds. The van der Waals surface area contributed by atoms with Crippen LogP contribution in [0.4, 0.5) is 10.1 Å². The lowest BCUT2D eigenvalue weighted by molar-refractivity contribution is -0.119. The number of nitrogens with zero attached hydrogens (tertiary/aromatic N) is 1. The fourth-order valence-electron chi connectivity index (χ4n) is 1.67. The van der Waals surface area contributed by atoms with Gasteiger partial charge < -0.3 is 5.32 Å². The monoisotopic (exact) mass is 461 g/mol. The summed E-state index contributed by atoms with van der Waals surface area (Å²) in [6.07, 6.45) is 1.25. The van der Waals surface area contributed by atoms with E-state index in [0.29, 0.717) is 16.3 Å². The summed E-state index contributed by atoms with van der Waals surface area (Å²) in [6.45, 7) is -0.00650. The van der Waals surface area contributed by atoms with Gasteiger partial charge in [-0.2, -0.15) is 5.10 Å². The molecule has 0 radical (unpaired) electrons. The average molecular weight is 464 g/mol. The molecule has 0 fully saturated rings. The number of nitrogens with one attached hydrogen (secondary N) is 2. The summed E-state index contributed by atoms with van der Waals surface area (Å²) in [7, 11) is 0. The first-order chi connectivity index (χ1) is 11.0. The zero-order chi connectivity index (χ0) is 16.8. The number of carbonyl (C=O) groups excluding carboxylic acids is 1. The molecule has 120 valence electrons. The van der Waals surface area contributed by atoms with Gasteiger partial charge in [-0.3, -0.25) is 4.79 Å². The lowest BCUT2D eigenvalue weighted by Crippen LogP contribution is -2.26. The highest BCUT2D eigenvalue weighted by Gasteiger charge is 2.08. The molecule has 0 saturated heterocycles. The van der Waals surface area contributed by atoms with Crippen molar-refractivity contribution in [1.29, 1.82) is 0 Å². The van der Waals surface area contributed by atoms with Crippen LogP contribution in [0.3, 0.4) is 0 Å². The molecular formula is C15H11Br2ClFN3O. The Morgan fingerprint density at radius 3 is 2.57 bits per heavy atom. The van der Waals surface area contributed by atoms with E-state index in [1.54, 1.807) is 30.3 Å². The predicted octanol–water partition coefficient (Wildman–Crippen LogP) is 4.57. The summed E-state index contributed by atoms with van der Waals surface area (Å²) in [6, 6.07) is 9.57. The van der Waals surface area contributed by atoms with Crippen molar-refractivity contribution in [3.05, 3.63) is 61.7 Å². The molecule has 0 unspecified atom stereocenters. The van der Waals surface area contributed by atoms with Crippen molar-refractivity contribution < 1.29 is 9.18 Å². The van der Waals surface area contributed by atoms with Crippen LogP contribution >= 0.6 is 43.5 Å². The first kappa shape index (κ1) is 17.9. The van der Waals surface area contributed by atoms with Gasteiger partial charge in [-0.15, -0.1) is 0 Å². The lowest BCUT2D eigenvalue weighted by Gasteiger charge is -2.10. The Hall–Kier alpha value is -1.44. The highest BCUT2D eigenvalue weighted by Crippen LogP contribution is 2.33. The van der Waals surface area contributed by atoms with Crippen molar-refractivity contribution in [2.45, 2.75) is 0 Å². The first-order valence-electron chi connectivity index (χ1n) is 6.42. The molecule has 0 saturated carbocycles. The Morgan fingerprint density at radius 2 is 1.91 bits per heavy atom. The maximum Gasteiger partial charge on any atom is 0.259 e. The molecule has 0 heterocycles. The number of rotatable bonds is 5. The van der Waals surface area contributed by atoms with E-state index < -0.39 is 5.82 Å². The van der Waals surface area contributed by atoms with Gasteiger partial charge >= 0.3 is 0 Å². The van der Waals surface area contributed by atoms with E-state index in [4.69, 9.17) is 11.6 Å². The minimum Gasteiger partial charge on any atom is -0.374 e. The van der Waals surface area contributed by atoms with Gasteiger partial charge in [0.1, 0.15) is 5.82 Å². The maximum atomic E-state index is 13.4. The van der Waals surface area contributed by atoms with E-state index in [-0.39, 0.29) is 12.5 Å². The molecule has 2 N–H and O–H groups in total. The zero-order valence-corrected chi connectivity index (χ0v) is 15.5. The van der Waals surface area contributed by atoms with E-state index in [2.05, 4.69) is 47.7 Å². The molecule has 0 bridgehead atoms. The van der Waals surface area contributed by atoms with E-state index in [1.807, 2.05) is 0 Å². The number of halogens is 4. The van der Waals surface area contributed by atoms with Crippen molar-refractivity contribution in [3.8, 4) is 0 Å². The molecule has 4 nitrogen and oxygen atoms in total. The van der Waals surface area contributed by atoms with E-state index >= 15 is 0 Å². The summed E-state index contributed by atoms with van der Waals surface area (Å²) < 4.78 is 14.8. The summed E-state index contributed by atoms with van der Waals surface area (Å²) in [5.41, 5.74) is 3.32. The second-order valence-corrected chi connectivity index (χ2v) is 6.56. The van der Waals surface area contributed by atoms with Crippen LogP contribution in [0, 0.1) is 5.82 Å². The van der Waals surface area contributed by atoms with Gasteiger partial charge in [-0.1, -0.05) is 29.8 Å². The molecular weight excluding hydrogens is 452 g/mol. The van der Waals surface area contributed by atoms with Crippen LogP contribution in [0.1, 0.15) is 5.56 Å². The molecule has 0 aliphatic carbocycles. The highest BCUT2D eigenvalue weighted by molar-refractivity contribution is 9.11. The van der Waals surface area contributed by atoms with Crippen molar-refractivity contribution in [3.63, 3.8) is 0 Å². The molecule has 8 heteroatoms. The average Bonchev–Trinajstić information content (AvgIpc) is 2.48. The van der Waals surface area contributed by atoms with E-state index in [9.17, 15) is 9.18 Å². The van der Waals surface area contributed by atoms with Crippen molar-refractivity contribution in [2.24, 2.45) is 5.10 Å². The van der Waals surface area contributed by atoms with Gasteiger partial charge in [-0.25, -0.2) is 9.82 Å². The number of hydrazone groups is 1. The van der Waals surface area contributed by atoms with Crippen LogP contribution in [-0.4, -0.2) is 18.7 Å². The second-order valence-electron chi connectivity index (χ2n) is 4.41. The minimum atomic E-state index is -0.405. The fraction of sp³-hybridized carbons (Fsp3) is 0.0667. The van der Waals surface area contributed by atoms with Gasteiger partial charge in [0, 0.05) is 19.5 Å². The number of hydrogen-bond donors (Lipinski definition) is 2. The van der Waals surface area contributed by atoms with Crippen molar-refractivity contribution in [1.82, 2.24) is 5.43 Å². The smallest absolute Gasteiger partial charge is 0.259 e. The topological polar surface area (TPSA) is 53.5 Å². The molecule has 2 rings (SSSR count). The summed E-state index contributed by atoms with van der Waals surface area (Å²) in [5, 5.41) is 7.24. The first-order valence-corrected chi connectivity index (χ1v) is 8.38. The molecule has 0 spiro atoms. The van der Waals surface area contributed by atoms with Crippen LogP contribution in [0.25, 0.3) is 0 Å². The molecule has 0 atom stereocenters. The summed E-state index contributed by atoms with van der Waals surface area (Å²) in [5.74, 6) is -0.774. The summed E-state index contributed by atoms with van der Waals surface area (Å²) in [4.78, 5) is 11.7. The Bertz CT molecular complexity index is 732. The normalized spacial score (nSPS) is 10.8. The van der Waals surface area contributed by atoms with Crippen LogP contribution in [0.2, 0.25) is 5.02 Å². The van der Waals surface area contributed by atoms with Crippen LogP contribution < -0.4 is 10.7 Å². The van der Waals surface area contributed by atoms with E-state index in [1.165, 1.54) is 12.3 Å². The van der Waals surface area contributed by atoms with Gasteiger partial charge in [0.25, 0.3) is 5.91 Å². The number of hydrogen-bond acceptors (Lipinski definition) is 3. The Labute approximate surface area is 154 Å². The van der Waals surface area contributed by atoms with Crippen LogP contribution in [0.15, 0.2) is 50.4 Å². The van der Waals surface area contributed by atoms with Crippen molar-refractivity contribution in [2.75, 3.05) is 11.9 Å². The molecule has 23 heavy (non-hydrogen) atoms. The SMILES string of the molecule is O=C(CNc1c(Br)cc(Cl)cc1Br)NN=Cc1ccccc1F. The third-order valence-corrected chi connectivity index (χ3v) is 4.20. The lowest BCUT2D eigenvalue weighted by atomic mass is 10.2. The van der Waals surface area contributed by atoms with E-state index in [0.717, 1.165) is 8.95 Å². The third-order valence-electron chi connectivity index (χ3n) is 2.73. The minimum absolute atomic E-state index is 0.00650. The van der Waals surface area contributed by atoms with Gasteiger partial charge in [0.2, 0.25) is 0 Å². The quantitative estimate of drug-likeness (QED) is 0.504. The summed E-state index contributed by atoms with van der Waals surface area (Å²) >= 11 is 12.6. The van der Waals surface area contributed by atoms with Crippen LogP contribution in [-0.2, 0) is 4.79 Å². The standard InChI is InChI=1S/C15H11Br2ClFN3O/c16-11-5-10(18)6-12(17)15(11)20-8-14(23)22-21-7-9-3-1-2-4-13(9)19/h1-7,20H,8H2,(H,22,23). The third kappa shape index (κ3) is 5.30. The molecule has 2 aromatic rings. The number of anilines is 1. The van der Waals surface area contributed by atoms with Gasteiger partial charge in [0.15, 0.2) is 0 Å². The number of benzene rings is 2. The maximum absolute atomic E-state index is 13.4. The number of carbonyl (C=O) groups is 1. The van der Waals surface area contributed by atoms with Crippen molar-refractivity contribution >= 4 is 61.3 Å². The Balaban J connectivity index is 1.90. The second kappa shape index (κ2) is 8.42. The largest absolute Gasteiger partial charge is 0.374 e. The van der Waals surface area contributed by atoms with Crippen LogP contribution in [0.5, 0.6) is 0 Å². The molecule has 0 aliphatic heterocycles. The number of amides is 1. The van der Waals surface area contributed by atoms with Gasteiger partial charge in [-0.05, 0) is 50.1 Å². The Morgan fingerprint density at radius 1 is 1.26 bits per heavy atom. The molecule has 0 aromatic heterocycles. The molecule has 2 aromatic carbocycles. The highest BCUT2D eigenvalue weighted by atomic mass is 79.9. The van der Waals surface area contributed by atoms with Gasteiger partial charge in [0.05, 0.1) is 18.4 Å². The zero-order valence-electron chi connectivity index (χ0n) is 11.6.